The van der Waals surface area contributed by atoms with Gasteiger partial charge in [0.05, 0.1) is 0 Å². The maximum Gasteiger partial charge on any atom is 0.227 e. The lowest BCUT2D eigenvalue weighted by Gasteiger charge is -2.34. The summed E-state index contributed by atoms with van der Waals surface area (Å²) < 4.78 is 0. The zero-order valence-electron chi connectivity index (χ0n) is 15.4. The van der Waals surface area contributed by atoms with Gasteiger partial charge in [0, 0.05) is 58.4 Å². The fourth-order valence-corrected chi connectivity index (χ4v) is 3.20. The van der Waals surface area contributed by atoms with Crippen molar-refractivity contribution in [2.24, 2.45) is 0 Å². The van der Waals surface area contributed by atoms with E-state index in [1.165, 1.54) is 5.56 Å². The molecule has 1 saturated heterocycles. The van der Waals surface area contributed by atoms with Gasteiger partial charge < -0.3 is 14.7 Å². The Balaban J connectivity index is 1.41. The van der Waals surface area contributed by atoms with Gasteiger partial charge in [-0.25, -0.2) is 15.0 Å². The van der Waals surface area contributed by atoms with Crippen molar-refractivity contribution in [1.29, 1.82) is 0 Å². The molecular formula is C20H23N7. The first-order valence-electron chi connectivity index (χ1n) is 9.14. The molecule has 1 aliphatic rings. The molecular weight excluding hydrogens is 338 g/mol. The van der Waals surface area contributed by atoms with Crippen LogP contribution < -0.4 is 14.7 Å². The van der Waals surface area contributed by atoms with Crippen molar-refractivity contribution in [3.63, 3.8) is 0 Å². The lowest BCUT2D eigenvalue weighted by molar-refractivity contribution is 0.627. The van der Waals surface area contributed by atoms with Crippen LogP contribution in [-0.4, -0.2) is 53.2 Å². The number of nitrogens with zero attached hydrogens (tertiary/aromatic N) is 7. The molecule has 1 fully saturated rings. The highest BCUT2D eigenvalue weighted by atomic mass is 15.4. The van der Waals surface area contributed by atoms with Crippen molar-refractivity contribution < 1.29 is 0 Å². The predicted octanol–water partition coefficient (Wildman–Crippen LogP) is 2.23. The number of rotatable bonds is 5. The SMILES string of the molecule is CN(Cc1ccccc1)c1ccnc(N2CCN(c3ncccn3)CC2)n1. The minimum absolute atomic E-state index is 0.779. The van der Waals surface area contributed by atoms with Gasteiger partial charge in [-0.3, -0.25) is 0 Å². The van der Waals surface area contributed by atoms with E-state index in [0.717, 1.165) is 50.4 Å². The molecule has 0 N–H and O–H groups in total. The number of benzene rings is 1. The van der Waals surface area contributed by atoms with E-state index < -0.39 is 0 Å². The van der Waals surface area contributed by atoms with E-state index in [4.69, 9.17) is 4.98 Å². The van der Waals surface area contributed by atoms with Crippen molar-refractivity contribution in [2.75, 3.05) is 47.9 Å². The zero-order chi connectivity index (χ0) is 18.5. The molecule has 7 nitrogen and oxygen atoms in total. The van der Waals surface area contributed by atoms with E-state index in [9.17, 15) is 0 Å². The Hall–Kier alpha value is -3.22. The highest BCUT2D eigenvalue weighted by molar-refractivity contribution is 5.45. The molecule has 138 valence electrons. The van der Waals surface area contributed by atoms with Gasteiger partial charge in [-0.1, -0.05) is 30.3 Å². The molecule has 0 bridgehead atoms. The first-order chi connectivity index (χ1) is 13.3. The molecule has 27 heavy (non-hydrogen) atoms. The topological polar surface area (TPSA) is 61.3 Å². The Bertz CT molecular complexity index is 848. The fourth-order valence-electron chi connectivity index (χ4n) is 3.20. The van der Waals surface area contributed by atoms with Crippen LogP contribution >= 0.6 is 0 Å². The summed E-state index contributed by atoms with van der Waals surface area (Å²) in [4.78, 5) is 24.5. The van der Waals surface area contributed by atoms with Gasteiger partial charge in [-0.2, -0.15) is 4.98 Å². The van der Waals surface area contributed by atoms with Gasteiger partial charge in [-0.05, 0) is 17.7 Å². The first kappa shape index (κ1) is 17.2. The van der Waals surface area contributed by atoms with Crippen molar-refractivity contribution in [3.05, 3.63) is 66.6 Å². The van der Waals surface area contributed by atoms with Crippen molar-refractivity contribution in [2.45, 2.75) is 6.54 Å². The zero-order valence-corrected chi connectivity index (χ0v) is 15.4. The summed E-state index contributed by atoms with van der Waals surface area (Å²) in [7, 11) is 2.06. The summed E-state index contributed by atoms with van der Waals surface area (Å²) in [5.41, 5.74) is 1.26. The van der Waals surface area contributed by atoms with Gasteiger partial charge in [0.2, 0.25) is 11.9 Å². The minimum Gasteiger partial charge on any atom is -0.355 e. The summed E-state index contributed by atoms with van der Waals surface area (Å²) in [6.07, 6.45) is 5.40. The highest BCUT2D eigenvalue weighted by Gasteiger charge is 2.21. The smallest absolute Gasteiger partial charge is 0.227 e. The molecule has 0 saturated carbocycles. The normalized spacial score (nSPS) is 14.3. The van der Waals surface area contributed by atoms with Crippen LogP contribution in [0.4, 0.5) is 17.7 Å². The van der Waals surface area contributed by atoms with Crippen LogP contribution in [0.15, 0.2) is 61.1 Å². The number of anilines is 3. The largest absolute Gasteiger partial charge is 0.355 e. The molecule has 0 radical (unpaired) electrons. The van der Waals surface area contributed by atoms with Crippen LogP contribution in [0.2, 0.25) is 0 Å². The third-order valence-corrected chi connectivity index (χ3v) is 4.68. The second-order valence-electron chi connectivity index (χ2n) is 6.58. The Morgan fingerprint density at radius 3 is 2.11 bits per heavy atom. The molecule has 0 unspecified atom stereocenters. The monoisotopic (exact) mass is 361 g/mol. The summed E-state index contributed by atoms with van der Waals surface area (Å²) in [6, 6.07) is 14.2. The van der Waals surface area contributed by atoms with Crippen LogP contribution in [0.3, 0.4) is 0 Å². The Kier molecular flexibility index (Phi) is 5.09. The van der Waals surface area contributed by atoms with Crippen LogP contribution in [0.5, 0.6) is 0 Å². The lowest BCUT2D eigenvalue weighted by Crippen LogP contribution is -2.47. The van der Waals surface area contributed by atoms with Gasteiger partial charge in [0.25, 0.3) is 0 Å². The molecule has 2 aromatic heterocycles. The van der Waals surface area contributed by atoms with Crippen LogP contribution in [0.25, 0.3) is 0 Å². The van der Waals surface area contributed by atoms with E-state index in [2.05, 4.69) is 61.0 Å². The second-order valence-corrected chi connectivity index (χ2v) is 6.58. The maximum atomic E-state index is 4.78. The molecule has 0 aliphatic carbocycles. The van der Waals surface area contributed by atoms with Gasteiger partial charge in [0.15, 0.2) is 0 Å². The van der Waals surface area contributed by atoms with Crippen molar-refractivity contribution >= 4 is 17.7 Å². The fraction of sp³-hybridized carbons (Fsp3) is 0.300. The molecule has 1 aromatic carbocycles. The van der Waals surface area contributed by atoms with Gasteiger partial charge in [0.1, 0.15) is 5.82 Å². The van der Waals surface area contributed by atoms with E-state index in [1.54, 1.807) is 12.4 Å². The average Bonchev–Trinajstić information content (AvgIpc) is 2.75. The highest BCUT2D eigenvalue weighted by Crippen LogP contribution is 2.18. The molecule has 3 aromatic rings. The quantitative estimate of drug-likeness (QED) is 0.690. The molecule has 7 heteroatoms. The molecule has 0 spiro atoms. The molecule has 0 amide bonds. The van der Waals surface area contributed by atoms with E-state index in [0.29, 0.717) is 0 Å². The summed E-state index contributed by atoms with van der Waals surface area (Å²) in [5.74, 6) is 2.49. The third kappa shape index (κ3) is 4.13. The van der Waals surface area contributed by atoms with Gasteiger partial charge >= 0.3 is 0 Å². The van der Waals surface area contributed by atoms with Gasteiger partial charge in [-0.15, -0.1) is 0 Å². The minimum atomic E-state index is 0.779. The van der Waals surface area contributed by atoms with E-state index >= 15 is 0 Å². The van der Waals surface area contributed by atoms with Crippen molar-refractivity contribution in [3.8, 4) is 0 Å². The average molecular weight is 361 g/mol. The number of piperazine rings is 1. The maximum absolute atomic E-state index is 4.78. The predicted molar refractivity (Wildman–Crippen MR) is 107 cm³/mol. The third-order valence-electron chi connectivity index (χ3n) is 4.68. The summed E-state index contributed by atoms with van der Waals surface area (Å²) in [6.45, 7) is 4.24. The van der Waals surface area contributed by atoms with Crippen LogP contribution in [0, 0.1) is 0 Å². The lowest BCUT2D eigenvalue weighted by atomic mass is 10.2. The van der Waals surface area contributed by atoms with Crippen LogP contribution in [-0.2, 0) is 6.54 Å². The number of hydrogen-bond donors (Lipinski definition) is 0. The first-order valence-corrected chi connectivity index (χ1v) is 9.14. The summed E-state index contributed by atoms with van der Waals surface area (Å²) >= 11 is 0. The molecule has 4 rings (SSSR count). The summed E-state index contributed by atoms with van der Waals surface area (Å²) in [5, 5.41) is 0. The molecule has 1 aliphatic heterocycles. The molecule has 0 atom stereocenters. The Labute approximate surface area is 159 Å². The number of hydrogen-bond acceptors (Lipinski definition) is 7. The Morgan fingerprint density at radius 2 is 1.41 bits per heavy atom. The van der Waals surface area contributed by atoms with E-state index in [-0.39, 0.29) is 0 Å². The molecule has 3 heterocycles. The standard InChI is InChI=1S/C20H23N7/c1-25(16-17-6-3-2-4-7-17)18-8-11-23-20(24-18)27-14-12-26(13-15-27)19-21-9-5-10-22-19/h2-11H,12-16H2,1H3. The van der Waals surface area contributed by atoms with Crippen LogP contribution in [0.1, 0.15) is 5.56 Å². The Morgan fingerprint density at radius 1 is 0.778 bits per heavy atom. The number of aromatic nitrogens is 4. The van der Waals surface area contributed by atoms with Crippen molar-refractivity contribution in [1.82, 2.24) is 19.9 Å². The second kappa shape index (κ2) is 7.99. The van der Waals surface area contributed by atoms with E-state index in [1.807, 2.05) is 24.4 Å².